The number of nitrogens with zero attached hydrogens (tertiary/aromatic N) is 1. The van der Waals surface area contributed by atoms with Crippen LogP contribution in [0.25, 0.3) is 0 Å². The fourth-order valence-corrected chi connectivity index (χ4v) is 2.78. The number of hydrogen-bond donors (Lipinski definition) is 1. The lowest BCUT2D eigenvalue weighted by Crippen LogP contribution is -2.40. The van der Waals surface area contributed by atoms with Crippen LogP contribution in [0.5, 0.6) is 0 Å². The largest absolute Gasteiger partial charge is 0.384 e. The molecule has 2 rings (SSSR count). The molecule has 4 heteroatoms. The number of morpholine rings is 1. The number of hydrogen-bond acceptors (Lipinski definition) is 4. The van der Waals surface area contributed by atoms with Crippen LogP contribution in [0, 0.1) is 11.8 Å². The summed E-state index contributed by atoms with van der Waals surface area (Å²) in [4.78, 5) is 3.73. The summed E-state index contributed by atoms with van der Waals surface area (Å²) in [6, 6.07) is 2.10. The SMILES string of the molecule is CC1CN(Cc2cc(C#CCO)cs2)CCO1. The molecule has 1 aliphatic rings. The average molecular weight is 251 g/mol. The monoisotopic (exact) mass is 251 g/mol. The van der Waals surface area contributed by atoms with Crippen molar-refractivity contribution in [1.29, 1.82) is 0 Å². The van der Waals surface area contributed by atoms with Gasteiger partial charge in [0.2, 0.25) is 0 Å². The minimum absolute atomic E-state index is 0.0772. The van der Waals surface area contributed by atoms with E-state index in [2.05, 4.69) is 29.7 Å². The molecule has 0 aromatic carbocycles. The Labute approximate surface area is 106 Å². The minimum atomic E-state index is -0.0772. The third-order valence-corrected chi connectivity index (χ3v) is 3.59. The fraction of sp³-hybridized carbons (Fsp3) is 0.538. The van der Waals surface area contributed by atoms with Gasteiger partial charge in [-0.1, -0.05) is 11.8 Å². The molecule has 2 heterocycles. The van der Waals surface area contributed by atoms with Crippen LogP contribution in [0.4, 0.5) is 0 Å². The first-order valence-electron chi connectivity index (χ1n) is 5.79. The lowest BCUT2D eigenvalue weighted by Gasteiger charge is -2.30. The standard InChI is InChI=1S/C13H17NO2S/c1-11-8-14(4-6-16-11)9-13-7-12(10-17-13)3-2-5-15/h7,10-11,15H,4-6,8-9H2,1H3. The van der Waals surface area contributed by atoms with Gasteiger partial charge in [0.05, 0.1) is 12.7 Å². The number of aliphatic hydroxyl groups excluding tert-OH is 1. The van der Waals surface area contributed by atoms with Crippen molar-refractivity contribution in [2.45, 2.75) is 19.6 Å². The minimum Gasteiger partial charge on any atom is -0.384 e. The zero-order chi connectivity index (χ0) is 12.1. The van der Waals surface area contributed by atoms with E-state index >= 15 is 0 Å². The molecular formula is C13H17NO2S. The Bertz CT molecular complexity index is 419. The molecule has 17 heavy (non-hydrogen) atoms. The summed E-state index contributed by atoms with van der Waals surface area (Å²) < 4.78 is 5.52. The van der Waals surface area contributed by atoms with E-state index in [0.29, 0.717) is 6.10 Å². The molecule has 0 radical (unpaired) electrons. The molecule has 1 saturated heterocycles. The van der Waals surface area contributed by atoms with Gasteiger partial charge in [-0.15, -0.1) is 11.3 Å². The summed E-state index contributed by atoms with van der Waals surface area (Å²) in [6.07, 6.45) is 0.331. The second kappa shape index (κ2) is 6.18. The zero-order valence-corrected chi connectivity index (χ0v) is 10.8. The van der Waals surface area contributed by atoms with Crippen LogP contribution in [-0.4, -0.2) is 42.4 Å². The number of thiophene rings is 1. The van der Waals surface area contributed by atoms with Crippen molar-refractivity contribution in [3.8, 4) is 11.8 Å². The van der Waals surface area contributed by atoms with E-state index in [9.17, 15) is 0 Å². The first-order valence-corrected chi connectivity index (χ1v) is 6.67. The molecule has 3 nitrogen and oxygen atoms in total. The molecule has 1 aliphatic heterocycles. The molecular weight excluding hydrogens is 234 g/mol. The van der Waals surface area contributed by atoms with Gasteiger partial charge in [-0.25, -0.2) is 0 Å². The maximum Gasteiger partial charge on any atom is 0.104 e. The Morgan fingerprint density at radius 2 is 2.53 bits per heavy atom. The van der Waals surface area contributed by atoms with Crippen molar-refractivity contribution in [3.05, 3.63) is 21.9 Å². The summed E-state index contributed by atoms with van der Waals surface area (Å²) >= 11 is 1.73. The molecule has 0 spiro atoms. The number of rotatable bonds is 2. The first kappa shape index (κ1) is 12.6. The van der Waals surface area contributed by atoms with Crippen LogP contribution in [-0.2, 0) is 11.3 Å². The Hall–Kier alpha value is -0.860. The second-order valence-corrected chi connectivity index (χ2v) is 5.17. The first-order chi connectivity index (χ1) is 8.28. The third kappa shape index (κ3) is 3.83. The lowest BCUT2D eigenvalue weighted by molar-refractivity contribution is -0.0208. The molecule has 0 amide bonds. The van der Waals surface area contributed by atoms with Crippen molar-refractivity contribution >= 4 is 11.3 Å². The smallest absolute Gasteiger partial charge is 0.104 e. The molecule has 1 aromatic heterocycles. The fourth-order valence-electron chi connectivity index (χ4n) is 1.93. The van der Waals surface area contributed by atoms with Gasteiger partial charge in [-0.3, -0.25) is 4.90 Å². The predicted octanol–water partition coefficient (Wildman–Crippen LogP) is 1.31. The van der Waals surface area contributed by atoms with Gasteiger partial charge in [0.1, 0.15) is 6.61 Å². The van der Waals surface area contributed by atoms with E-state index < -0.39 is 0 Å². The van der Waals surface area contributed by atoms with Crippen LogP contribution in [0.15, 0.2) is 11.4 Å². The second-order valence-electron chi connectivity index (χ2n) is 4.18. The predicted molar refractivity (Wildman–Crippen MR) is 69.0 cm³/mol. The van der Waals surface area contributed by atoms with Crippen molar-refractivity contribution in [1.82, 2.24) is 4.90 Å². The molecule has 1 unspecified atom stereocenters. The molecule has 1 atom stereocenters. The molecule has 0 aliphatic carbocycles. The van der Waals surface area contributed by atoms with Gasteiger partial charge >= 0.3 is 0 Å². The molecule has 1 N–H and O–H groups in total. The highest BCUT2D eigenvalue weighted by atomic mass is 32.1. The van der Waals surface area contributed by atoms with E-state index in [0.717, 1.165) is 31.8 Å². The summed E-state index contributed by atoms with van der Waals surface area (Å²) in [7, 11) is 0. The molecule has 92 valence electrons. The van der Waals surface area contributed by atoms with Gasteiger partial charge in [0, 0.05) is 35.5 Å². The van der Waals surface area contributed by atoms with Crippen LogP contribution in [0.2, 0.25) is 0 Å². The molecule has 0 bridgehead atoms. The normalized spacial score (nSPS) is 20.9. The lowest BCUT2D eigenvalue weighted by atomic mass is 10.2. The highest BCUT2D eigenvalue weighted by molar-refractivity contribution is 7.10. The van der Waals surface area contributed by atoms with E-state index in [4.69, 9.17) is 9.84 Å². The van der Waals surface area contributed by atoms with Crippen molar-refractivity contribution in [3.63, 3.8) is 0 Å². The van der Waals surface area contributed by atoms with Gasteiger partial charge in [0.25, 0.3) is 0 Å². The van der Waals surface area contributed by atoms with Gasteiger partial charge in [0.15, 0.2) is 0 Å². The summed E-state index contributed by atoms with van der Waals surface area (Å²) in [5, 5.41) is 10.7. The van der Waals surface area contributed by atoms with Crippen LogP contribution in [0.1, 0.15) is 17.4 Å². The average Bonchev–Trinajstić information content (AvgIpc) is 2.74. The third-order valence-electron chi connectivity index (χ3n) is 2.67. The Morgan fingerprint density at radius 1 is 1.65 bits per heavy atom. The van der Waals surface area contributed by atoms with Gasteiger partial charge in [-0.2, -0.15) is 0 Å². The maximum absolute atomic E-state index is 8.63. The highest BCUT2D eigenvalue weighted by Crippen LogP contribution is 2.17. The summed E-state index contributed by atoms with van der Waals surface area (Å²) in [5.74, 6) is 5.60. The quantitative estimate of drug-likeness (QED) is 0.805. The van der Waals surface area contributed by atoms with Crippen LogP contribution in [0.3, 0.4) is 0 Å². The van der Waals surface area contributed by atoms with Crippen molar-refractivity contribution in [2.75, 3.05) is 26.3 Å². The van der Waals surface area contributed by atoms with E-state index in [-0.39, 0.29) is 6.61 Å². The molecule has 1 fully saturated rings. The number of aliphatic hydroxyl groups is 1. The topological polar surface area (TPSA) is 32.7 Å². The summed E-state index contributed by atoms with van der Waals surface area (Å²) in [5.41, 5.74) is 1.00. The van der Waals surface area contributed by atoms with Crippen LogP contribution >= 0.6 is 11.3 Å². The Morgan fingerprint density at radius 3 is 3.29 bits per heavy atom. The Kier molecular flexibility index (Phi) is 4.57. The number of ether oxygens (including phenoxy) is 1. The van der Waals surface area contributed by atoms with E-state index in [1.165, 1.54) is 4.88 Å². The molecule has 0 saturated carbocycles. The van der Waals surface area contributed by atoms with Gasteiger partial charge < -0.3 is 9.84 Å². The van der Waals surface area contributed by atoms with E-state index in [1.807, 2.05) is 5.38 Å². The summed E-state index contributed by atoms with van der Waals surface area (Å²) in [6.45, 7) is 5.82. The van der Waals surface area contributed by atoms with Gasteiger partial charge in [-0.05, 0) is 13.0 Å². The molecule has 1 aromatic rings. The maximum atomic E-state index is 8.63. The van der Waals surface area contributed by atoms with Crippen molar-refractivity contribution < 1.29 is 9.84 Å². The highest BCUT2D eigenvalue weighted by Gasteiger charge is 2.16. The zero-order valence-electron chi connectivity index (χ0n) is 9.98. The Balaban J connectivity index is 1.92. The van der Waals surface area contributed by atoms with E-state index in [1.54, 1.807) is 11.3 Å². The van der Waals surface area contributed by atoms with Crippen LogP contribution < -0.4 is 0 Å². The van der Waals surface area contributed by atoms with Crippen molar-refractivity contribution in [2.24, 2.45) is 0 Å².